The van der Waals surface area contributed by atoms with Crippen LogP contribution in [0.5, 0.6) is 0 Å². The number of anilines is 1. The minimum Gasteiger partial charge on any atom is -0.372 e. The first-order valence-corrected chi connectivity index (χ1v) is 9.63. The van der Waals surface area contributed by atoms with Crippen molar-refractivity contribution in [2.24, 2.45) is 7.05 Å². The van der Waals surface area contributed by atoms with Gasteiger partial charge in [-0.25, -0.2) is 4.98 Å². The van der Waals surface area contributed by atoms with Crippen LogP contribution in [0.4, 0.5) is 5.95 Å². The topological polar surface area (TPSA) is 79.3 Å². The van der Waals surface area contributed by atoms with Gasteiger partial charge in [-0.3, -0.25) is 19.4 Å². The fraction of sp³-hybridized carbons (Fsp3) is 0.632. The zero-order chi connectivity index (χ0) is 19.1. The predicted molar refractivity (Wildman–Crippen MR) is 103 cm³/mol. The Morgan fingerprint density at radius 1 is 1.30 bits per heavy atom. The van der Waals surface area contributed by atoms with E-state index < -0.39 is 0 Å². The first kappa shape index (κ1) is 18.2. The van der Waals surface area contributed by atoms with Gasteiger partial charge in [0.2, 0.25) is 5.95 Å². The number of aryl methyl sites for hydroxylation is 1. The normalized spacial score (nSPS) is 23.5. The Bertz CT molecular complexity index is 879. The SMILES string of the molecule is Cc1c(CN2CCc3c(nc(N4C[C@@H](C)O[C@@H](C)C4)[nH]c3=O)C2)cnn1C. The third-order valence-corrected chi connectivity index (χ3v) is 5.59. The number of morpholine rings is 1. The van der Waals surface area contributed by atoms with E-state index in [1.165, 1.54) is 11.3 Å². The molecule has 2 aliphatic rings. The molecule has 2 aromatic heterocycles. The van der Waals surface area contributed by atoms with Crippen LogP contribution in [0.1, 0.15) is 36.4 Å². The van der Waals surface area contributed by atoms with Crippen molar-refractivity contribution in [3.05, 3.63) is 39.1 Å². The summed E-state index contributed by atoms with van der Waals surface area (Å²) in [5, 5.41) is 4.33. The summed E-state index contributed by atoms with van der Waals surface area (Å²) < 4.78 is 7.70. The van der Waals surface area contributed by atoms with Crippen LogP contribution in [0.15, 0.2) is 11.0 Å². The van der Waals surface area contributed by atoms with Crippen molar-refractivity contribution in [2.45, 2.75) is 52.5 Å². The highest BCUT2D eigenvalue weighted by Crippen LogP contribution is 2.21. The number of H-pyrrole nitrogens is 1. The van der Waals surface area contributed by atoms with E-state index in [-0.39, 0.29) is 17.8 Å². The van der Waals surface area contributed by atoms with Gasteiger partial charge in [-0.1, -0.05) is 0 Å². The highest BCUT2D eigenvalue weighted by molar-refractivity contribution is 5.35. The van der Waals surface area contributed by atoms with E-state index >= 15 is 0 Å². The third-order valence-electron chi connectivity index (χ3n) is 5.59. The van der Waals surface area contributed by atoms with Gasteiger partial charge in [0.25, 0.3) is 5.56 Å². The zero-order valence-corrected chi connectivity index (χ0v) is 16.5. The first-order valence-electron chi connectivity index (χ1n) is 9.63. The fourth-order valence-electron chi connectivity index (χ4n) is 4.06. The lowest BCUT2D eigenvalue weighted by atomic mass is 10.1. The van der Waals surface area contributed by atoms with Crippen molar-refractivity contribution >= 4 is 5.95 Å². The number of ether oxygens (including phenoxy) is 1. The van der Waals surface area contributed by atoms with Gasteiger partial charge >= 0.3 is 0 Å². The summed E-state index contributed by atoms with van der Waals surface area (Å²) >= 11 is 0. The Labute approximate surface area is 159 Å². The molecule has 8 nitrogen and oxygen atoms in total. The van der Waals surface area contributed by atoms with E-state index in [1.54, 1.807) is 0 Å². The molecule has 0 unspecified atom stereocenters. The van der Waals surface area contributed by atoms with E-state index in [9.17, 15) is 4.79 Å². The minimum atomic E-state index is -0.000920. The van der Waals surface area contributed by atoms with Crippen molar-refractivity contribution in [3.8, 4) is 0 Å². The van der Waals surface area contributed by atoms with Crippen LogP contribution in [0, 0.1) is 6.92 Å². The van der Waals surface area contributed by atoms with Crippen LogP contribution in [-0.4, -0.2) is 56.5 Å². The van der Waals surface area contributed by atoms with Gasteiger partial charge in [-0.2, -0.15) is 5.10 Å². The first-order chi connectivity index (χ1) is 12.9. The predicted octanol–water partition coefficient (Wildman–Crippen LogP) is 0.984. The number of aromatic nitrogens is 4. The van der Waals surface area contributed by atoms with Crippen molar-refractivity contribution in [2.75, 3.05) is 24.5 Å². The van der Waals surface area contributed by atoms with Crippen LogP contribution >= 0.6 is 0 Å². The van der Waals surface area contributed by atoms with Crippen molar-refractivity contribution in [1.29, 1.82) is 0 Å². The molecule has 2 atom stereocenters. The molecule has 0 aliphatic carbocycles. The molecule has 2 aliphatic heterocycles. The lowest BCUT2D eigenvalue weighted by molar-refractivity contribution is -0.00576. The number of rotatable bonds is 3. The maximum atomic E-state index is 12.6. The third kappa shape index (κ3) is 3.64. The molecule has 2 aromatic rings. The summed E-state index contributed by atoms with van der Waals surface area (Å²) in [5.41, 5.74) is 4.12. The summed E-state index contributed by atoms with van der Waals surface area (Å²) in [6.45, 7) is 10.0. The standard InChI is InChI=1S/C19H28N6O2/c1-12-8-25(9-13(2)27-12)19-21-17-11-24(6-5-16(17)18(26)22-19)10-15-7-20-23(4)14(15)3/h7,12-13H,5-6,8-11H2,1-4H3,(H,21,22,26)/t12-,13+. The Morgan fingerprint density at radius 3 is 2.70 bits per heavy atom. The molecular weight excluding hydrogens is 344 g/mol. The molecule has 0 aromatic carbocycles. The number of nitrogens with zero attached hydrogens (tertiary/aromatic N) is 5. The van der Waals surface area contributed by atoms with Gasteiger partial charge in [0.05, 0.1) is 24.1 Å². The van der Waals surface area contributed by atoms with Crippen LogP contribution in [0.3, 0.4) is 0 Å². The number of hydrogen-bond donors (Lipinski definition) is 1. The van der Waals surface area contributed by atoms with Crippen molar-refractivity contribution in [1.82, 2.24) is 24.6 Å². The maximum absolute atomic E-state index is 12.6. The monoisotopic (exact) mass is 372 g/mol. The highest BCUT2D eigenvalue weighted by Gasteiger charge is 2.27. The molecule has 146 valence electrons. The second-order valence-electron chi connectivity index (χ2n) is 7.82. The molecule has 0 saturated carbocycles. The average Bonchev–Trinajstić information content (AvgIpc) is 2.92. The molecule has 0 amide bonds. The summed E-state index contributed by atoms with van der Waals surface area (Å²) in [6, 6.07) is 0. The van der Waals surface area contributed by atoms with Crippen LogP contribution in [-0.2, 0) is 31.3 Å². The van der Waals surface area contributed by atoms with Gasteiger partial charge in [0.15, 0.2) is 0 Å². The lowest BCUT2D eigenvalue weighted by Gasteiger charge is -2.36. The maximum Gasteiger partial charge on any atom is 0.255 e. The van der Waals surface area contributed by atoms with E-state index in [4.69, 9.17) is 9.72 Å². The number of aromatic amines is 1. The molecule has 4 rings (SSSR count). The Hall–Kier alpha value is -2.19. The number of nitrogens with one attached hydrogen (secondary N) is 1. The molecule has 1 fully saturated rings. The van der Waals surface area contributed by atoms with Crippen LogP contribution < -0.4 is 10.5 Å². The Kier molecular flexibility index (Phi) is 4.77. The summed E-state index contributed by atoms with van der Waals surface area (Å²) in [4.78, 5) is 24.9. The largest absolute Gasteiger partial charge is 0.372 e. The van der Waals surface area contributed by atoms with Gasteiger partial charge in [-0.15, -0.1) is 0 Å². The second-order valence-corrected chi connectivity index (χ2v) is 7.82. The van der Waals surface area contributed by atoms with E-state index in [0.717, 1.165) is 43.9 Å². The fourth-order valence-corrected chi connectivity index (χ4v) is 4.06. The molecule has 1 saturated heterocycles. The number of hydrogen-bond acceptors (Lipinski definition) is 6. The molecule has 8 heteroatoms. The van der Waals surface area contributed by atoms with Gasteiger partial charge in [0, 0.05) is 56.6 Å². The molecule has 0 spiro atoms. The Morgan fingerprint density at radius 2 is 2.04 bits per heavy atom. The summed E-state index contributed by atoms with van der Waals surface area (Å²) in [7, 11) is 1.96. The van der Waals surface area contributed by atoms with Gasteiger partial charge in [-0.05, 0) is 27.2 Å². The molecular formula is C19H28N6O2. The summed E-state index contributed by atoms with van der Waals surface area (Å²) in [5.74, 6) is 0.667. The van der Waals surface area contributed by atoms with Gasteiger partial charge < -0.3 is 9.64 Å². The Balaban J connectivity index is 1.56. The van der Waals surface area contributed by atoms with E-state index in [2.05, 4.69) is 40.7 Å². The van der Waals surface area contributed by atoms with E-state index in [0.29, 0.717) is 12.5 Å². The van der Waals surface area contributed by atoms with Crippen LogP contribution in [0.2, 0.25) is 0 Å². The van der Waals surface area contributed by atoms with Gasteiger partial charge in [0.1, 0.15) is 0 Å². The summed E-state index contributed by atoms with van der Waals surface area (Å²) in [6.07, 6.45) is 2.91. The van der Waals surface area contributed by atoms with Crippen molar-refractivity contribution < 1.29 is 4.74 Å². The van der Waals surface area contributed by atoms with E-state index in [1.807, 2.05) is 17.9 Å². The molecule has 0 radical (unpaired) electrons. The smallest absolute Gasteiger partial charge is 0.255 e. The number of fused-ring (bicyclic) bond motifs is 1. The second kappa shape index (κ2) is 7.09. The highest BCUT2D eigenvalue weighted by atomic mass is 16.5. The zero-order valence-electron chi connectivity index (χ0n) is 16.5. The molecule has 1 N–H and O–H groups in total. The average molecular weight is 372 g/mol. The quantitative estimate of drug-likeness (QED) is 0.865. The molecule has 4 heterocycles. The molecule has 27 heavy (non-hydrogen) atoms. The van der Waals surface area contributed by atoms with Crippen LogP contribution in [0.25, 0.3) is 0 Å². The van der Waals surface area contributed by atoms with Crippen molar-refractivity contribution in [3.63, 3.8) is 0 Å². The lowest BCUT2D eigenvalue weighted by Crippen LogP contribution is -2.47. The minimum absolute atomic E-state index is 0.000920. The molecule has 0 bridgehead atoms.